The van der Waals surface area contributed by atoms with E-state index in [1.54, 1.807) is 6.92 Å². The maximum atomic E-state index is 12.2. The van der Waals surface area contributed by atoms with Gasteiger partial charge in [0.05, 0.1) is 0 Å². The van der Waals surface area contributed by atoms with Crippen LogP contribution in [0, 0.1) is 0 Å². The minimum absolute atomic E-state index is 0.0654. The molecule has 1 aliphatic heterocycles. The van der Waals surface area contributed by atoms with Gasteiger partial charge in [0.2, 0.25) is 5.91 Å². The summed E-state index contributed by atoms with van der Waals surface area (Å²) >= 11 is 0. The van der Waals surface area contributed by atoms with Crippen LogP contribution in [0.25, 0.3) is 0 Å². The third-order valence-electron chi connectivity index (χ3n) is 3.46. The highest BCUT2D eigenvalue weighted by Crippen LogP contribution is 2.13. The van der Waals surface area contributed by atoms with Crippen LogP contribution in [0.2, 0.25) is 0 Å². The van der Waals surface area contributed by atoms with Gasteiger partial charge in [0.15, 0.2) is 0 Å². The van der Waals surface area contributed by atoms with Gasteiger partial charge in [-0.3, -0.25) is 9.59 Å². The van der Waals surface area contributed by atoms with Gasteiger partial charge in [-0.1, -0.05) is 13.8 Å². The van der Waals surface area contributed by atoms with Gasteiger partial charge in [0.25, 0.3) is 5.56 Å². The van der Waals surface area contributed by atoms with Crippen molar-refractivity contribution in [1.82, 2.24) is 14.9 Å². The molecule has 2 rings (SSSR count). The quantitative estimate of drug-likeness (QED) is 0.870. The van der Waals surface area contributed by atoms with E-state index in [9.17, 15) is 9.59 Å². The zero-order chi connectivity index (χ0) is 14.7. The highest BCUT2D eigenvalue weighted by atomic mass is 16.2. The van der Waals surface area contributed by atoms with Gasteiger partial charge >= 0.3 is 0 Å². The molecule has 1 fully saturated rings. The van der Waals surface area contributed by atoms with Crippen LogP contribution < -0.4 is 10.9 Å². The van der Waals surface area contributed by atoms with Crippen LogP contribution in [0.15, 0.2) is 10.9 Å². The van der Waals surface area contributed by atoms with Crippen LogP contribution in [0.5, 0.6) is 0 Å². The van der Waals surface area contributed by atoms with E-state index in [4.69, 9.17) is 0 Å². The summed E-state index contributed by atoms with van der Waals surface area (Å²) in [6.07, 6.45) is 2.14. The molecule has 1 atom stereocenters. The average molecular weight is 278 g/mol. The van der Waals surface area contributed by atoms with Crippen LogP contribution >= 0.6 is 0 Å². The minimum Gasteiger partial charge on any atom is -0.358 e. The zero-order valence-corrected chi connectivity index (χ0v) is 12.3. The van der Waals surface area contributed by atoms with Crippen molar-refractivity contribution < 1.29 is 4.79 Å². The molecule has 1 aliphatic rings. The maximum Gasteiger partial charge on any atom is 0.252 e. The average Bonchev–Trinajstić information content (AvgIpc) is 2.90. The number of carbonyl (C=O) groups is 1. The van der Waals surface area contributed by atoms with Crippen LogP contribution in [0.1, 0.15) is 45.4 Å². The van der Waals surface area contributed by atoms with E-state index in [1.165, 1.54) is 6.07 Å². The van der Waals surface area contributed by atoms with Crippen LogP contribution in [-0.2, 0) is 4.79 Å². The van der Waals surface area contributed by atoms with Gasteiger partial charge in [-0.25, -0.2) is 4.98 Å². The Morgan fingerprint density at radius 2 is 2.00 bits per heavy atom. The smallest absolute Gasteiger partial charge is 0.252 e. The Balaban J connectivity index is 2.08. The molecule has 1 aromatic rings. The Bertz CT molecular complexity index is 532. The van der Waals surface area contributed by atoms with Crippen molar-refractivity contribution in [2.45, 2.75) is 45.6 Å². The molecule has 6 heteroatoms. The molecule has 110 valence electrons. The number of nitrogens with zero attached hydrogens (tertiary/aromatic N) is 2. The Labute approximate surface area is 118 Å². The summed E-state index contributed by atoms with van der Waals surface area (Å²) in [6, 6.07) is 1.02. The number of aromatic nitrogens is 2. The molecule has 1 amide bonds. The molecule has 0 bridgehead atoms. The lowest BCUT2D eigenvalue weighted by molar-refractivity contribution is -0.130. The Kier molecular flexibility index (Phi) is 4.42. The first-order valence-corrected chi connectivity index (χ1v) is 7.14. The van der Waals surface area contributed by atoms with E-state index in [0.717, 1.165) is 25.9 Å². The SMILES string of the molecule is CC(Nc1cc(=O)[nH]c(C(C)C)n1)C(=O)N1CCCC1. The fourth-order valence-electron chi connectivity index (χ4n) is 2.32. The van der Waals surface area contributed by atoms with Gasteiger partial charge in [-0.2, -0.15) is 0 Å². The molecule has 0 aromatic carbocycles. The number of H-pyrrole nitrogens is 1. The second-order valence-corrected chi connectivity index (χ2v) is 5.57. The predicted octanol–water partition coefficient (Wildman–Crippen LogP) is 1.32. The molecule has 6 nitrogen and oxygen atoms in total. The third-order valence-corrected chi connectivity index (χ3v) is 3.46. The molecule has 1 unspecified atom stereocenters. The highest BCUT2D eigenvalue weighted by molar-refractivity contribution is 5.84. The normalized spacial score (nSPS) is 16.5. The number of rotatable bonds is 4. The standard InChI is InChI=1S/C14H22N4O2/c1-9(2)13-16-11(8-12(19)17-13)15-10(3)14(20)18-6-4-5-7-18/h8-10H,4-7H2,1-3H3,(H2,15,16,17,19). The van der Waals surface area contributed by atoms with Crippen molar-refractivity contribution in [3.8, 4) is 0 Å². The number of nitrogens with one attached hydrogen (secondary N) is 2. The van der Waals surface area contributed by atoms with Crippen molar-refractivity contribution in [1.29, 1.82) is 0 Å². The van der Waals surface area contributed by atoms with Crippen molar-refractivity contribution in [3.05, 3.63) is 22.2 Å². The lowest BCUT2D eigenvalue weighted by atomic mass is 10.2. The number of carbonyl (C=O) groups excluding carboxylic acids is 1. The number of hydrogen-bond donors (Lipinski definition) is 2. The van der Waals surface area contributed by atoms with Crippen LogP contribution in [0.4, 0.5) is 5.82 Å². The number of hydrogen-bond acceptors (Lipinski definition) is 4. The van der Waals surface area contributed by atoms with Gasteiger partial charge < -0.3 is 15.2 Å². The second-order valence-electron chi connectivity index (χ2n) is 5.57. The molecule has 0 saturated carbocycles. The van der Waals surface area contributed by atoms with Gasteiger partial charge in [0.1, 0.15) is 17.7 Å². The summed E-state index contributed by atoms with van der Waals surface area (Å²) in [7, 11) is 0. The predicted molar refractivity (Wildman–Crippen MR) is 77.8 cm³/mol. The molecule has 20 heavy (non-hydrogen) atoms. The molecule has 0 spiro atoms. The second kappa shape index (κ2) is 6.07. The largest absolute Gasteiger partial charge is 0.358 e. The minimum atomic E-state index is -0.373. The number of amides is 1. The zero-order valence-electron chi connectivity index (χ0n) is 12.3. The highest BCUT2D eigenvalue weighted by Gasteiger charge is 2.23. The molecule has 2 N–H and O–H groups in total. The summed E-state index contributed by atoms with van der Waals surface area (Å²) in [5.41, 5.74) is -0.202. The van der Waals surface area contributed by atoms with E-state index in [1.807, 2.05) is 18.7 Å². The first-order chi connectivity index (χ1) is 9.47. The number of anilines is 1. The van der Waals surface area contributed by atoms with E-state index in [-0.39, 0.29) is 23.4 Å². The topological polar surface area (TPSA) is 78.1 Å². The van der Waals surface area contributed by atoms with Crippen molar-refractivity contribution in [2.75, 3.05) is 18.4 Å². The van der Waals surface area contributed by atoms with Crippen molar-refractivity contribution >= 4 is 11.7 Å². The fraction of sp³-hybridized carbons (Fsp3) is 0.643. The summed E-state index contributed by atoms with van der Waals surface area (Å²) < 4.78 is 0. The Morgan fingerprint density at radius 3 is 2.60 bits per heavy atom. The van der Waals surface area contributed by atoms with Crippen molar-refractivity contribution in [3.63, 3.8) is 0 Å². The molecular formula is C14H22N4O2. The van der Waals surface area contributed by atoms with E-state index >= 15 is 0 Å². The molecule has 0 aliphatic carbocycles. The first kappa shape index (κ1) is 14.6. The monoisotopic (exact) mass is 278 g/mol. The molecule has 0 radical (unpaired) electrons. The van der Waals surface area contributed by atoms with Crippen LogP contribution in [0.3, 0.4) is 0 Å². The third kappa shape index (κ3) is 3.37. The lowest BCUT2D eigenvalue weighted by Crippen LogP contribution is -2.40. The Hall–Kier alpha value is -1.85. The lowest BCUT2D eigenvalue weighted by Gasteiger charge is -2.21. The van der Waals surface area contributed by atoms with Crippen LogP contribution in [-0.4, -0.2) is 39.9 Å². The maximum absolute atomic E-state index is 12.2. The summed E-state index contributed by atoms with van der Waals surface area (Å²) in [6.45, 7) is 7.37. The fourth-order valence-corrected chi connectivity index (χ4v) is 2.32. The van der Waals surface area contributed by atoms with Gasteiger partial charge in [-0.05, 0) is 19.8 Å². The molecular weight excluding hydrogens is 256 g/mol. The number of likely N-dealkylation sites (tertiary alicyclic amines) is 1. The number of aromatic amines is 1. The molecule has 1 aromatic heterocycles. The molecule has 2 heterocycles. The summed E-state index contributed by atoms with van der Waals surface area (Å²) in [4.78, 5) is 32.7. The van der Waals surface area contributed by atoms with Crippen molar-refractivity contribution in [2.24, 2.45) is 0 Å². The van der Waals surface area contributed by atoms with E-state index in [0.29, 0.717) is 11.6 Å². The summed E-state index contributed by atoms with van der Waals surface area (Å²) in [5, 5.41) is 3.03. The molecule has 1 saturated heterocycles. The summed E-state index contributed by atoms with van der Waals surface area (Å²) in [5.74, 6) is 1.28. The van der Waals surface area contributed by atoms with Gasteiger partial charge in [0, 0.05) is 25.1 Å². The van der Waals surface area contributed by atoms with E-state index < -0.39 is 0 Å². The van der Waals surface area contributed by atoms with Gasteiger partial charge in [-0.15, -0.1) is 0 Å². The first-order valence-electron chi connectivity index (χ1n) is 7.14. The van der Waals surface area contributed by atoms with E-state index in [2.05, 4.69) is 15.3 Å². The Morgan fingerprint density at radius 1 is 1.35 bits per heavy atom.